The molecule has 0 aliphatic rings. The SMILES string of the molecule is C#CCC(N)c1cnc2ccsc2c1. The van der Waals surface area contributed by atoms with Crippen molar-refractivity contribution in [3.63, 3.8) is 0 Å². The number of thiophene rings is 1. The van der Waals surface area contributed by atoms with Crippen molar-refractivity contribution >= 4 is 21.6 Å². The maximum absolute atomic E-state index is 5.89. The summed E-state index contributed by atoms with van der Waals surface area (Å²) in [6, 6.07) is 3.96. The Balaban J connectivity index is 2.39. The lowest BCUT2D eigenvalue weighted by Crippen LogP contribution is -2.09. The monoisotopic (exact) mass is 202 g/mol. The topological polar surface area (TPSA) is 38.9 Å². The van der Waals surface area contributed by atoms with Crippen LogP contribution in [0.2, 0.25) is 0 Å². The molecule has 0 aromatic carbocycles. The van der Waals surface area contributed by atoms with Gasteiger partial charge in [0.1, 0.15) is 0 Å². The zero-order valence-corrected chi connectivity index (χ0v) is 8.42. The van der Waals surface area contributed by atoms with E-state index in [1.54, 1.807) is 17.5 Å². The molecule has 2 N–H and O–H groups in total. The van der Waals surface area contributed by atoms with E-state index in [9.17, 15) is 0 Å². The zero-order chi connectivity index (χ0) is 9.97. The molecule has 0 saturated heterocycles. The van der Waals surface area contributed by atoms with E-state index in [1.807, 2.05) is 11.4 Å². The molecule has 2 nitrogen and oxygen atoms in total. The Morgan fingerprint density at radius 2 is 2.50 bits per heavy atom. The Morgan fingerprint density at radius 3 is 3.29 bits per heavy atom. The number of terminal acetylenes is 1. The Morgan fingerprint density at radius 1 is 1.64 bits per heavy atom. The van der Waals surface area contributed by atoms with Crippen LogP contribution in [0.15, 0.2) is 23.7 Å². The first-order valence-corrected chi connectivity index (χ1v) is 5.21. The van der Waals surface area contributed by atoms with Crippen LogP contribution in [-0.2, 0) is 0 Å². The van der Waals surface area contributed by atoms with Crippen molar-refractivity contribution in [3.05, 3.63) is 29.3 Å². The third-order valence-corrected chi connectivity index (χ3v) is 2.94. The molecule has 0 aliphatic heterocycles. The highest BCUT2D eigenvalue weighted by atomic mass is 32.1. The molecule has 0 radical (unpaired) electrons. The van der Waals surface area contributed by atoms with Gasteiger partial charge >= 0.3 is 0 Å². The number of pyridine rings is 1. The van der Waals surface area contributed by atoms with E-state index in [-0.39, 0.29) is 6.04 Å². The number of rotatable bonds is 2. The molecule has 2 heterocycles. The van der Waals surface area contributed by atoms with Crippen molar-refractivity contribution in [1.29, 1.82) is 0 Å². The second kappa shape index (κ2) is 3.79. The summed E-state index contributed by atoms with van der Waals surface area (Å²) in [5.74, 6) is 2.56. The van der Waals surface area contributed by atoms with E-state index >= 15 is 0 Å². The highest BCUT2D eigenvalue weighted by Gasteiger charge is 2.06. The van der Waals surface area contributed by atoms with Crippen molar-refractivity contribution in [2.24, 2.45) is 5.73 Å². The number of hydrogen-bond acceptors (Lipinski definition) is 3. The van der Waals surface area contributed by atoms with Crippen LogP contribution in [0.3, 0.4) is 0 Å². The van der Waals surface area contributed by atoms with Crippen molar-refractivity contribution < 1.29 is 0 Å². The summed E-state index contributed by atoms with van der Waals surface area (Å²) in [5, 5.41) is 2.02. The number of nitrogens with zero attached hydrogens (tertiary/aromatic N) is 1. The van der Waals surface area contributed by atoms with Gasteiger partial charge in [-0.25, -0.2) is 0 Å². The minimum Gasteiger partial charge on any atom is -0.323 e. The highest BCUT2D eigenvalue weighted by molar-refractivity contribution is 7.17. The second-order valence-corrected chi connectivity index (χ2v) is 4.04. The van der Waals surface area contributed by atoms with Crippen LogP contribution < -0.4 is 5.73 Å². The average molecular weight is 202 g/mol. The molecule has 0 bridgehead atoms. The Labute approximate surface area is 86.8 Å². The molecule has 2 aromatic rings. The summed E-state index contributed by atoms with van der Waals surface area (Å²) < 4.78 is 1.16. The van der Waals surface area contributed by atoms with E-state index < -0.39 is 0 Å². The van der Waals surface area contributed by atoms with Gasteiger partial charge in [-0.05, 0) is 23.1 Å². The van der Waals surface area contributed by atoms with Crippen LogP contribution in [0.5, 0.6) is 0 Å². The fourth-order valence-corrected chi connectivity index (χ4v) is 2.10. The van der Waals surface area contributed by atoms with Gasteiger partial charge in [-0.15, -0.1) is 23.7 Å². The summed E-state index contributed by atoms with van der Waals surface area (Å²) in [5.41, 5.74) is 7.92. The molecule has 70 valence electrons. The lowest BCUT2D eigenvalue weighted by Gasteiger charge is -2.07. The maximum Gasteiger partial charge on any atom is 0.0809 e. The highest BCUT2D eigenvalue weighted by Crippen LogP contribution is 2.22. The maximum atomic E-state index is 5.89. The van der Waals surface area contributed by atoms with Gasteiger partial charge in [0.25, 0.3) is 0 Å². The number of aromatic nitrogens is 1. The number of fused-ring (bicyclic) bond motifs is 1. The predicted molar refractivity (Wildman–Crippen MR) is 60.0 cm³/mol. The minimum absolute atomic E-state index is 0.0981. The lowest BCUT2D eigenvalue weighted by molar-refractivity contribution is 0.752. The average Bonchev–Trinajstić information content (AvgIpc) is 2.64. The minimum atomic E-state index is -0.0981. The van der Waals surface area contributed by atoms with E-state index in [2.05, 4.69) is 17.0 Å². The molecule has 14 heavy (non-hydrogen) atoms. The van der Waals surface area contributed by atoms with Crippen molar-refractivity contribution in [2.75, 3.05) is 0 Å². The van der Waals surface area contributed by atoms with Crippen LogP contribution in [-0.4, -0.2) is 4.98 Å². The molecule has 0 amide bonds. The Bertz CT molecular complexity index is 481. The molecule has 2 rings (SSSR count). The van der Waals surface area contributed by atoms with E-state index in [0.717, 1.165) is 15.8 Å². The second-order valence-electron chi connectivity index (χ2n) is 3.09. The Hall–Kier alpha value is -1.37. The summed E-state index contributed by atoms with van der Waals surface area (Å²) in [7, 11) is 0. The molecule has 0 aliphatic carbocycles. The van der Waals surface area contributed by atoms with Crippen molar-refractivity contribution in [3.8, 4) is 12.3 Å². The predicted octanol–water partition coefficient (Wildman–Crippen LogP) is 2.32. The van der Waals surface area contributed by atoms with Crippen LogP contribution in [0, 0.1) is 12.3 Å². The fraction of sp³-hybridized carbons (Fsp3) is 0.182. The zero-order valence-electron chi connectivity index (χ0n) is 7.60. The molecule has 0 fully saturated rings. The normalized spacial score (nSPS) is 12.6. The van der Waals surface area contributed by atoms with E-state index in [4.69, 9.17) is 12.2 Å². The first kappa shape index (κ1) is 9.20. The van der Waals surface area contributed by atoms with Crippen LogP contribution in [0.1, 0.15) is 18.0 Å². The van der Waals surface area contributed by atoms with Gasteiger partial charge in [0.15, 0.2) is 0 Å². The van der Waals surface area contributed by atoms with E-state index in [1.165, 1.54) is 0 Å². The van der Waals surface area contributed by atoms with Gasteiger partial charge in [-0.3, -0.25) is 4.98 Å². The molecule has 0 spiro atoms. The summed E-state index contributed by atoms with van der Waals surface area (Å²) in [6.45, 7) is 0. The van der Waals surface area contributed by atoms with Crippen LogP contribution in [0.4, 0.5) is 0 Å². The molecular formula is C11H10N2S. The van der Waals surface area contributed by atoms with Gasteiger partial charge in [-0.2, -0.15) is 0 Å². The Kier molecular flexibility index (Phi) is 2.49. The summed E-state index contributed by atoms with van der Waals surface area (Å²) in [4.78, 5) is 4.31. The van der Waals surface area contributed by atoms with Gasteiger partial charge in [0.2, 0.25) is 0 Å². The number of nitrogens with two attached hydrogens (primary N) is 1. The molecule has 2 aromatic heterocycles. The van der Waals surface area contributed by atoms with Gasteiger partial charge in [0.05, 0.1) is 10.2 Å². The summed E-state index contributed by atoms with van der Waals surface area (Å²) >= 11 is 1.67. The van der Waals surface area contributed by atoms with Crippen LogP contribution in [0.25, 0.3) is 10.2 Å². The van der Waals surface area contributed by atoms with E-state index in [0.29, 0.717) is 6.42 Å². The standard InChI is InChI=1S/C11H10N2S/c1-2-3-9(12)8-6-11-10(13-7-8)4-5-14-11/h1,4-7,9H,3,12H2. The van der Waals surface area contributed by atoms with Crippen molar-refractivity contribution in [1.82, 2.24) is 4.98 Å². The first-order valence-electron chi connectivity index (χ1n) is 4.33. The number of hydrogen-bond donors (Lipinski definition) is 1. The third-order valence-electron chi connectivity index (χ3n) is 2.09. The van der Waals surface area contributed by atoms with Gasteiger partial charge in [-0.1, -0.05) is 0 Å². The quantitative estimate of drug-likeness (QED) is 0.759. The smallest absolute Gasteiger partial charge is 0.0809 e. The largest absolute Gasteiger partial charge is 0.323 e. The summed E-state index contributed by atoms with van der Waals surface area (Å²) in [6.07, 6.45) is 7.57. The lowest BCUT2D eigenvalue weighted by atomic mass is 10.1. The first-order chi connectivity index (χ1) is 6.81. The molecule has 3 heteroatoms. The third kappa shape index (κ3) is 1.63. The molecular weight excluding hydrogens is 192 g/mol. The molecule has 0 saturated carbocycles. The van der Waals surface area contributed by atoms with Crippen LogP contribution >= 0.6 is 11.3 Å². The van der Waals surface area contributed by atoms with Gasteiger partial charge < -0.3 is 5.73 Å². The fourth-order valence-electron chi connectivity index (χ4n) is 1.31. The molecule has 1 unspecified atom stereocenters. The molecule has 1 atom stereocenters. The van der Waals surface area contributed by atoms with Crippen molar-refractivity contribution in [2.45, 2.75) is 12.5 Å². The van der Waals surface area contributed by atoms with Gasteiger partial charge in [0, 0.05) is 18.7 Å².